The fourth-order valence-corrected chi connectivity index (χ4v) is 6.75. The topological polar surface area (TPSA) is 43.8 Å². The van der Waals surface area contributed by atoms with Crippen LogP contribution in [0.15, 0.2) is 35.4 Å². The van der Waals surface area contributed by atoms with Crippen molar-refractivity contribution >= 4 is 11.4 Å². The normalized spacial score (nSPS) is 12.8. The number of aryl methyl sites for hydroxylation is 4. The molecule has 0 unspecified atom stereocenters. The summed E-state index contributed by atoms with van der Waals surface area (Å²) in [5.74, 6) is 7.01. The summed E-state index contributed by atoms with van der Waals surface area (Å²) < 4.78 is 11.0. The summed E-state index contributed by atoms with van der Waals surface area (Å²) in [5, 5.41) is 0. The molecule has 1 aliphatic rings. The zero-order valence-electron chi connectivity index (χ0n) is 33.4. The predicted octanol–water partition coefficient (Wildman–Crippen LogP) is 13.6. The molecule has 4 nitrogen and oxygen atoms in total. The number of benzene rings is 2. The van der Waals surface area contributed by atoms with Crippen molar-refractivity contribution < 1.29 is 27.5 Å². The van der Waals surface area contributed by atoms with Crippen LogP contribution in [-0.4, -0.2) is 17.9 Å². The second-order valence-corrected chi connectivity index (χ2v) is 14.7. The van der Waals surface area contributed by atoms with E-state index in [0.29, 0.717) is 13.2 Å². The summed E-state index contributed by atoms with van der Waals surface area (Å²) in [4.78, 5) is 0. The molecule has 0 saturated heterocycles. The Kier molecular flexibility index (Phi) is 21.5. The quantitative estimate of drug-likeness (QED) is 0.0590. The van der Waals surface area contributed by atoms with E-state index in [4.69, 9.17) is 7.76 Å². The number of hydrogen-bond acceptors (Lipinski definition) is 2. The monoisotopic (exact) mass is 726 g/mol. The molecule has 5 heteroatoms. The molecule has 2 aromatic rings. The number of nitrogens with zero attached hydrogens (tertiary/aromatic N) is 2. The third-order valence-electron chi connectivity index (χ3n) is 9.92. The van der Waals surface area contributed by atoms with Crippen molar-refractivity contribution in [1.82, 2.24) is 0 Å². The van der Waals surface area contributed by atoms with Crippen molar-refractivity contribution in [2.75, 3.05) is 13.2 Å². The average molecular weight is 728 g/mol. The fourth-order valence-electron chi connectivity index (χ4n) is 6.44. The van der Waals surface area contributed by atoms with E-state index in [1.165, 1.54) is 122 Å². The maximum absolute atomic E-state index is 11.7. The van der Waals surface area contributed by atoms with Gasteiger partial charge in [0.05, 0.1) is 0 Å². The molecule has 1 aliphatic heterocycles. The molecule has 0 amide bonds. The third-order valence-corrected chi connectivity index (χ3v) is 10.7. The molecule has 1 heterocycles. The Balaban J connectivity index is 0.00000112. The van der Waals surface area contributed by atoms with Crippen LogP contribution in [0.1, 0.15) is 169 Å². The van der Waals surface area contributed by atoms with Gasteiger partial charge in [-0.25, -0.2) is 4.70 Å². The van der Waals surface area contributed by atoms with Gasteiger partial charge in [-0.05, 0) is 113 Å². The molecule has 0 radical (unpaired) electrons. The first-order valence-corrected chi connectivity index (χ1v) is 20.3. The molecule has 0 atom stereocenters. The van der Waals surface area contributed by atoms with Crippen molar-refractivity contribution in [3.63, 3.8) is 0 Å². The Bertz CT molecular complexity index is 1440. The molecule has 0 spiro atoms. The van der Waals surface area contributed by atoms with E-state index < -0.39 is 0 Å². The van der Waals surface area contributed by atoms with E-state index in [1.54, 1.807) is 0 Å². The Labute approximate surface area is 313 Å². The summed E-state index contributed by atoms with van der Waals surface area (Å²) >= 11 is 0.899. The van der Waals surface area contributed by atoms with Crippen LogP contribution in [0.4, 0.5) is 0 Å². The molecule has 0 bridgehead atoms. The Hall–Kier alpha value is -2.51. The van der Waals surface area contributed by atoms with E-state index in [-0.39, 0.29) is 0 Å². The molecule has 0 N–H and O–H groups in total. The summed E-state index contributed by atoms with van der Waals surface area (Å²) in [5.41, 5.74) is 24.9. The Morgan fingerprint density at radius 1 is 0.560 bits per heavy atom. The molecule has 280 valence electrons. The minimum atomic E-state index is 0.708. The first-order valence-electron chi connectivity index (χ1n) is 19.5. The van der Waals surface area contributed by atoms with Gasteiger partial charge < -0.3 is 5.53 Å². The van der Waals surface area contributed by atoms with Crippen LogP contribution in [0.25, 0.3) is 16.9 Å². The van der Waals surface area contributed by atoms with Crippen molar-refractivity contribution in [2.24, 2.45) is 0 Å². The van der Waals surface area contributed by atoms with Crippen LogP contribution in [-0.2, 0) is 22.8 Å². The van der Waals surface area contributed by atoms with Crippen LogP contribution < -0.4 is 0 Å². The number of hydrogen-bond donors (Lipinski definition) is 0. The Morgan fingerprint density at radius 2 is 0.940 bits per heavy atom. The zero-order chi connectivity index (χ0) is 36.9. The van der Waals surface area contributed by atoms with Gasteiger partial charge >= 0.3 is 49.9 Å². The zero-order valence-corrected chi connectivity index (χ0v) is 34.3. The van der Waals surface area contributed by atoms with Crippen molar-refractivity contribution in [1.29, 1.82) is 0 Å². The summed E-state index contributed by atoms with van der Waals surface area (Å²) in [6, 6.07) is 8.77. The van der Waals surface area contributed by atoms with Gasteiger partial charge in [0.1, 0.15) is 5.57 Å². The van der Waals surface area contributed by atoms with Gasteiger partial charge in [-0.1, -0.05) is 102 Å². The first-order chi connectivity index (χ1) is 24.1. The van der Waals surface area contributed by atoms with Crippen molar-refractivity contribution in [3.05, 3.63) is 85.5 Å². The Morgan fingerprint density at radius 3 is 1.34 bits per heavy atom. The fraction of sp³-hybridized carbons (Fsp3) is 0.600. The minimum absolute atomic E-state index is 0.708. The third kappa shape index (κ3) is 14.3. The van der Waals surface area contributed by atoms with Gasteiger partial charge in [0.15, 0.2) is 0 Å². The van der Waals surface area contributed by atoms with E-state index in [9.17, 15) is 5.53 Å². The maximum atomic E-state index is 11.7. The van der Waals surface area contributed by atoms with E-state index in [1.807, 2.05) is 13.8 Å². The molecule has 3 rings (SSSR count). The van der Waals surface area contributed by atoms with Gasteiger partial charge in [0.2, 0.25) is 11.4 Å². The number of rotatable bonds is 20. The van der Waals surface area contributed by atoms with Crippen LogP contribution in [0.5, 0.6) is 0 Å². The van der Waals surface area contributed by atoms with E-state index in [0.717, 1.165) is 61.6 Å². The molecule has 2 aromatic carbocycles. The average Bonchev–Trinajstić information content (AvgIpc) is 3.34. The van der Waals surface area contributed by atoms with Crippen LogP contribution >= 0.6 is 0 Å². The second kappa shape index (κ2) is 24.6. The molecule has 0 aliphatic carbocycles. The van der Waals surface area contributed by atoms with Gasteiger partial charge in [-0.15, -0.1) is 0 Å². The van der Waals surface area contributed by atoms with Gasteiger partial charge in [0.25, 0.3) is 0 Å². The molecular weight excluding hydrogens is 659 g/mol. The van der Waals surface area contributed by atoms with E-state index in [2.05, 4.69) is 91.5 Å². The number of unbranched alkanes of at least 4 members (excludes halogenated alkanes) is 14. The van der Waals surface area contributed by atoms with Crippen LogP contribution in [0.2, 0.25) is 0 Å². The number of allylic oxidation sites excluding steroid dienone is 2. The predicted molar refractivity (Wildman–Crippen MR) is 210 cm³/mol. The SMILES string of the molecule is CCCCCCCCCCCCCCCCC#CC1=C(c2cc(C)c(C)c(C)c2)[N+](=[N-])C(c2cc(C)c(C)c(C)c2)=C1C.CC[O][Ni][O]CC. The summed E-state index contributed by atoms with van der Waals surface area (Å²) in [7, 11) is 0. The van der Waals surface area contributed by atoms with Crippen LogP contribution in [0.3, 0.4) is 0 Å². The van der Waals surface area contributed by atoms with Gasteiger partial charge in [-0.3, -0.25) is 0 Å². The second-order valence-electron chi connectivity index (χ2n) is 13.9. The summed E-state index contributed by atoms with van der Waals surface area (Å²) in [6.07, 6.45) is 20.0. The van der Waals surface area contributed by atoms with Crippen LogP contribution in [0, 0.1) is 53.4 Å². The molecule has 0 saturated carbocycles. The first kappa shape index (κ1) is 43.7. The standard InChI is InChI=1S/C41H58N2.2C2H5O.Ni/c1-9-10-11-12-13-14-15-16-17-18-19-20-21-22-23-24-25-39-36(8)40(37-26-30(2)34(6)31(3)27-37)43(42)41(39)38-28-32(4)35(7)33(5)29-38;2*1-2-3;/h26-29H,9-23H2,1-8H3;2*2H2,1H3;/q;2*-1;+2. The van der Waals surface area contributed by atoms with Gasteiger partial charge in [0, 0.05) is 23.1 Å². The van der Waals surface area contributed by atoms with Crippen molar-refractivity contribution in [2.45, 2.75) is 166 Å². The molecule has 50 heavy (non-hydrogen) atoms. The van der Waals surface area contributed by atoms with Gasteiger partial charge in [-0.2, -0.15) is 0 Å². The van der Waals surface area contributed by atoms with E-state index >= 15 is 0 Å². The molecule has 0 fully saturated rings. The molecular formula is C45H68N2NiO2. The summed E-state index contributed by atoms with van der Waals surface area (Å²) in [6.45, 7) is 22.6. The van der Waals surface area contributed by atoms with Crippen molar-refractivity contribution in [3.8, 4) is 11.8 Å². The molecule has 0 aromatic heterocycles.